The van der Waals surface area contributed by atoms with Gasteiger partial charge in [0.05, 0.1) is 12.1 Å². The van der Waals surface area contributed by atoms with Gasteiger partial charge in [-0.2, -0.15) is 5.10 Å². The van der Waals surface area contributed by atoms with E-state index in [1.165, 1.54) is 22.5 Å². The van der Waals surface area contributed by atoms with E-state index in [0.29, 0.717) is 35.2 Å². The number of hydrogen-bond acceptors (Lipinski definition) is 5. The first-order valence-electron chi connectivity index (χ1n) is 9.21. The Bertz CT molecular complexity index is 1060. The molecule has 0 saturated carbocycles. The maximum atomic E-state index is 12.5. The second kappa shape index (κ2) is 8.20. The molecule has 8 heteroatoms. The van der Waals surface area contributed by atoms with Gasteiger partial charge in [-0.25, -0.2) is 4.98 Å². The quantitative estimate of drug-likeness (QED) is 0.451. The van der Waals surface area contributed by atoms with E-state index in [9.17, 15) is 4.79 Å². The van der Waals surface area contributed by atoms with Gasteiger partial charge in [0.25, 0.3) is 0 Å². The maximum absolute atomic E-state index is 12.5. The number of H-pyrrole nitrogens is 1. The number of anilines is 1. The van der Waals surface area contributed by atoms with E-state index in [0.717, 1.165) is 24.4 Å². The number of nitrogens with zero attached hydrogens (tertiary/aromatic N) is 3. The molecule has 1 aromatic carbocycles. The molecule has 28 heavy (non-hydrogen) atoms. The van der Waals surface area contributed by atoms with Crippen molar-refractivity contribution in [2.45, 2.75) is 38.1 Å². The molecule has 1 unspecified atom stereocenters. The van der Waals surface area contributed by atoms with Crippen LogP contribution < -0.4 is 5.32 Å². The van der Waals surface area contributed by atoms with Gasteiger partial charge >= 0.3 is 0 Å². The fraction of sp³-hybridized carbons (Fsp3) is 0.300. The molecule has 2 heterocycles. The van der Waals surface area contributed by atoms with Crippen LogP contribution in [0.5, 0.6) is 0 Å². The summed E-state index contributed by atoms with van der Waals surface area (Å²) >= 11 is 6.67. The zero-order valence-corrected chi connectivity index (χ0v) is 17.0. The van der Waals surface area contributed by atoms with Crippen molar-refractivity contribution in [1.82, 2.24) is 19.7 Å². The van der Waals surface area contributed by atoms with Crippen molar-refractivity contribution in [1.29, 1.82) is 0 Å². The van der Waals surface area contributed by atoms with Gasteiger partial charge in [0.15, 0.2) is 9.90 Å². The summed E-state index contributed by atoms with van der Waals surface area (Å²) in [6.07, 6.45) is 4.90. The number of carbonyl (C=O) groups excluding carboxylic acids is 1. The zero-order valence-electron chi connectivity index (χ0n) is 15.4. The lowest BCUT2D eigenvalue weighted by molar-refractivity contribution is -0.116. The first-order valence-corrected chi connectivity index (χ1v) is 10.5. The number of nitrogens with one attached hydrogen (secondary N) is 2. The molecule has 2 N–H and O–H groups in total. The summed E-state index contributed by atoms with van der Waals surface area (Å²) in [7, 11) is 0. The summed E-state index contributed by atoms with van der Waals surface area (Å²) in [5.74, 6) is 1.11. The maximum Gasteiger partial charge on any atom is 0.226 e. The normalized spacial score (nSPS) is 15.4. The van der Waals surface area contributed by atoms with E-state index in [-0.39, 0.29) is 5.91 Å². The van der Waals surface area contributed by atoms with Gasteiger partial charge in [-0.05, 0) is 42.1 Å². The van der Waals surface area contributed by atoms with Crippen molar-refractivity contribution in [3.8, 4) is 0 Å². The van der Waals surface area contributed by atoms with E-state index in [1.54, 1.807) is 6.08 Å². The molecule has 0 bridgehead atoms. The molecule has 1 aliphatic carbocycles. The first kappa shape index (κ1) is 18.8. The van der Waals surface area contributed by atoms with Crippen molar-refractivity contribution in [3.63, 3.8) is 0 Å². The average molecular weight is 412 g/mol. The Morgan fingerprint density at radius 2 is 2.32 bits per heavy atom. The van der Waals surface area contributed by atoms with Crippen molar-refractivity contribution in [3.05, 3.63) is 69.7 Å². The van der Waals surface area contributed by atoms with Gasteiger partial charge in [-0.3, -0.25) is 14.5 Å². The molecule has 0 saturated heterocycles. The molecule has 0 radical (unpaired) electrons. The summed E-state index contributed by atoms with van der Waals surface area (Å²) in [6, 6.07) is 8.40. The number of rotatable bonds is 7. The second-order valence-corrected chi connectivity index (χ2v) is 8.10. The Kier molecular flexibility index (Phi) is 5.50. The lowest BCUT2D eigenvalue weighted by atomic mass is 9.97. The van der Waals surface area contributed by atoms with Gasteiger partial charge in [0.2, 0.25) is 5.91 Å². The summed E-state index contributed by atoms with van der Waals surface area (Å²) in [6.45, 7) is 4.35. The van der Waals surface area contributed by atoms with E-state index >= 15 is 0 Å². The molecule has 144 valence electrons. The minimum atomic E-state index is 0.0111. The molecule has 1 aliphatic rings. The van der Waals surface area contributed by atoms with E-state index < -0.39 is 0 Å². The number of aromatic nitrogens is 4. The number of amides is 1. The average Bonchev–Trinajstić information content (AvgIpc) is 3.38. The Morgan fingerprint density at radius 1 is 1.46 bits per heavy atom. The standard InChI is InChI=1S/C20H21N5OS2/c1-2-9-25-17(23-24-20(25)27)11-15-12-28-19(21-15)22-18(26)10-14-8-7-13-5-3-4-6-16(13)14/h2-6,12,14H,1,7-11H2,(H,24,27)(H,21,22,26). The highest BCUT2D eigenvalue weighted by molar-refractivity contribution is 7.71. The SMILES string of the molecule is C=CCn1c(Cc2csc(NC(=O)CC3CCc4ccccc43)n2)n[nH]c1=S. The largest absolute Gasteiger partial charge is 0.302 e. The van der Waals surface area contributed by atoms with Crippen LogP contribution in [-0.4, -0.2) is 25.7 Å². The van der Waals surface area contributed by atoms with Crippen LogP contribution >= 0.6 is 23.6 Å². The molecule has 0 spiro atoms. The van der Waals surface area contributed by atoms with Crippen LogP contribution in [0.15, 0.2) is 42.3 Å². The summed E-state index contributed by atoms with van der Waals surface area (Å²) in [4.78, 5) is 17.0. The Balaban J connectivity index is 1.38. The number of aromatic amines is 1. The zero-order chi connectivity index (χ0) is 19.5. The number of carbonyl (C=O) groups is 1. The number of allylic oxidation sites excluding steroid dienone is 1. The number of hydrogen-bond donors (Lipinski definition) is 2. The van der Waals surface area contributed by atoms with Gasteiger partial charge in [0.1, 0.15) is 5.82 Å². The van der Waals surface area contributed by atoms with Crippen LogP contribution in [0.1, 0.15) is 41.4 Å². The van der Waals surface area contributed by atoms with Crippen LogP contribution in [0.2, 0.25) is 0 Å². The number of fused-ring (bicyclic) bond motifs is 1. The van der Waals surface area contributed by atoms with Crippen molar-refractivity contribution < 1.29 is 4.79 Å². The molecular weight excluding hydrogens is 390 g/mol. The topological polar surface area (TPSA) is 75.6 Å². The Hall–Kier alpha value is -2.58. The highest BCUT2D eigenvalue weighted by Crippen LogP contribution is 2.35. The van der Waals surface area contributed by atoms with E-state index in [1.807, 2.05) is 16.0 Å². The molecule has 3 aromatic rings. The van der Waals surface area contributed by atoms with Gasteiger partial charge in [0, 0.05) is 18.3 Å². The van der Waals surface area contributed by atoms with Crippen LogP contribution in [0.3, 0.4) is 0 Å². The fourth-order valence-corrected chi connectivity index (χ4v) is 4.61. The van der Waals surface area contributed by atoms with Gasteiger partial charge in [-0.1, -0.05) is 30.3 Å². The predicted octanol–water partition coefficient (Wildman–Crippen LogP) is 4.23. The third kappa shape index (κ3) is 3.98. The highest BCUT2D eigenvalue weighted by atomic mass is 32.1. The number of thiazole rings is 1. The lowest BCUT2D eigenvalue weighted by Crippen LogP contribution is -2.14. The van der Waals surface area contributed by atoms with Crippen molar-refractivity contribution in [2.24, 2.45) is 0 Å². The highest BCUT2D eigenvalue weighted by Gasteiger charge is 2.24. The van der Waals surface area contributed by atoms with Crippen molar-refractivity contribution in [2.75, 3.05) is 5.32 Å². The molecule has 6 nitrogen and oxygen atoms in total. The third-order valence-electron chi connectivity index (χ3n) is 4.98. The second-order valence-electron chi connectivity index (χ2n) is 6.85. The Labute approximate surface area is 172 Å². The molecule has 0 aliphatic heterocycles. The minimum Gasteiger partial charge on any atom is -0.302 e. The monoisotopic (exact) mass is 411 g/mol. The van der Waals surface area contributed by atoms with Gasteiger partial charge < -0.3 is 5.32 Å². The van der Waals surface area contributed by atoms with E-state index in [4.69, 9.17) is 12.2 Å². The number of benzene rings is 1. The minimum absolute atomic E-state index is 0.0111. The lowest BCUT2D eigenvalue weighted by Gasteiger charge is -2.10. The summed E-state index contributed by atoms with van der Waals surface area (Å²) < 4.78 is 2.45. The smallest absolute Gasteiger partial charge is 0.226 e. The van der Waals surface area contributed by atoms with E-state index in [2.05, 4.69) is 45.3 Å². The van der Waals surface area contributed by atoms with Crippen LogP contribution in [0.4, 0.5) is 5.13 Å². The van der Waals surface area contributed by atoms with Crippen LogP contribution in [0.25, 0.3) is 0 Å². The van der Waals surface area contributed by atoms with Crippen molar-refractivity contribution >= 4 is 34.6 Å². The molecule has 4 rings (SSSR count). The predicted molar refractivity (Wildman–Crippen MR) is 113 cm³/mol. The van der Waals surface area contributed by atoms with Gasteiger partial charge in [-0.15, -0.1) is 17.9 Å². The summed E-state index contributed by atoms with van der Waals surface area (Å²) in [5.41, 5.74) is 3.53. The Morgan fingerprint density at radius 3 is 3.18 bits per heavy atom. The van der Waals surface area contributed by atoms with Crippen LogP contribution in [0, 0.1) is 4.77 Å². The third-order valence-corrected chi connectivity index (χ3v) is 6.09. The molecule has 1 amide bonds. The molecule has 1 atom stereocenters. The molecule has 2 aromatic heterocycles. The molecular formula is C20H21N5OS2. The summed E-state index contributed by atoms with van der Waals surface area (Å²) in [5, 5.41) is 12.6. The molecule has 0 fully saturated rings. The first-order chi connectivity index (χ1) is 13.6. The fourth-order valence-electron chi connectivity index (χ4n) is 3.66. The number of aryl methyl sites for hydroxylation is 1. The van der Waals surface area contributed by atoms with Crippen LogP contribution in [-0.2, 0) is 24.2 Å².